The van der Waals surface area contributed by atoms with Gasteiger partial charge < -0.3 is 21.1 Å². The molecule has 0 radical (unpaired) electrons. The summed E-state index contributed by atoms with van der Waals surface area (Å²) in [6.45, 7) is 4.85. The van der Waals surface area contributed by atoms with Gasteiger partial charge in [-0.2, -0.15) is 16.9 Å². The number of nitrogens with two attached hydrogens (primary N) is 1. The van der Waals surface area contributed by atoms with E-state index in [0.717, 1.165) is 75.2 Å². The minimum atomic E-state index is -0.977. The van der Waals surface area contributed by atoms with E-state index in [1.54, 1.807) is 0 Å². The van der Waals surface area contributed by atoms with E-state index in [-0.39, 0.29) is 6.54 Å². The molecule has 2 aliphatic heterocycles. The maximum atomic E-state index is 12.6. The molecule has 4 aromatic rings. The van der Waals surface area contributed by atoms with Gasteiger partial charge in [-0.3, -0.25) is 19.2 Å². The zero-order valence-corrected chi connectivity index (χ0v) is 28.3. The molecule has 3 aromatic carbocycles. The molecule has 1 atom stereocenters. The average molecular weight is 694 g/mol. The number of primary amides is 1. The predicted molar refractivity (Wildman–Crippen MR) is 188 cm³/mol. The van der Waals surface area contributed by atoms with E-state index in [2.05, 4.69) is 34.5 Å². The van der Waals surface area contributed by atoms with Gasteiger partial charge in [0.15, 0.2) is 0 Å². The van der Waals surface area contributed by atoms with Gasteiger partial charge in [-0.15, -0.1) is 0 Å². The summed E-state index contributed by atoms with van der Waals surface area (Å²) in [5.74, 6) is 0.452. The minimum absolute atomic E-state index is 0.210. The van der Waals surface area contributed by atoms with Crippen LogP contribution < -0.4 is 11.1 Å². The first-order valence-electron chi connectivity index (χ1n) is 15.7. The summed E-state index contributed by atoms with van der Waals surface area (Å²) in [4.78, 5) is 28.1. The van der Waals surface area contributed by atoms with Crippen molar-refractivity contribution in [1.82, 2.24) is 24.9 Å². The third kappa shape index (κ3) is 8.20. The maximum Gasteiger partial charge on any atom is 0.311 e. The summed E-state index contributed by atoms with van der Waals surface area (Å²) >= 11 is 14.7. The number of amides is 2. The van der Waals surface area contributed by atoms with E-state index in [9.17, 15) is 14.7 Å². The van der Waals surface area contributed by atoms with Crippen molar-refractivity contribution >= 4 is 46.8 Å². The molecule has 3 heterocycles. The quantitative estimate of drug-likeness (QED) is 0.208. The Morgan fingerprint density at radius 1 is 0.915 bits per heavy atom. The van der Waals surface area contributed by atoms with Crippen molar-refractivity contribution in [3.05, 3.63) is 99.2 Å². The monoisotopic (exact) mass is 692 g/mol. The zero-order chi connectivity index (χ0) is 32.9. The highest BCUT2D eigenvalue weighted by molar-refractivity contribution is 7.99. The van der Waals surface area contributed by atoms with Crippen molar-refractivity contribution in [2.24, 2.45) is 5.73 Å². The number of aromatic nitrogens is 2. The van der Waals surface area contributed by atoms with E-state index in [0.29, 0.717) is 43.3 Å². The number of carbonyl (C=O) groups excluding carboxylic acids is 2. The molecule has 1 fully saturated rings. The van der Waals surface area contributed by atoms with Crippen LogP contribution in [0.25, 0.3) is 22.4 Å². The highest BCUT2D eigenvalue weighted by Gasteiger charge is 2.31. The number of thioether (sulfide) groups is 1. The van der Waals surface area contributed by atoms with Crippen LogP contribution in [0.2, 0.25) is 10.0 Å². The molecule has 0 spiro atoms. The number of carbonyl (C=O) groups is 2. The SMILES string of the molecule is NC(=O)C(=O)N1CCc2c(c(-c3ccc(Cl)c(-c4ccc(CNCc5ccc(Cl)cc5)cc4)c3)nn2C[C@H](O)CN2CCSCC2)C1. The summed E-state index contributed by atoms with van der Waals surface area (Å²) in [6.07, 6.45) is -0.0947. The molecule has 1 aromatic heterocycles. The molecule has 0 bridgehead atoms. The van der Waals surface area contributed by atoms with Crippen molar-refractivity contribution in [3.63, 3.8) is 0 Å². The van der Waals surface area contributed by atoms with Gasteiger partial charge in [0.05, 0.1) is 24.9 Å². The van der Waals surface area contributed by atoms with Gasteiger partial charge in [-0.05, 0) is 41.0 Å². The number of rotatable bonds is 10. The van der Waals surface area contributed by atoms with E-state index in [4.69, 9.17) is 34.0 Å². The number of hydrogen-bond acceptors (Lipinski definition) is 7. The molecule has 246 valence electrons. The Morgan fingerprint density at radius 2 is 1.57 bits per heavy atom. The summed E-state index contributed by atoms with van der Waals surface area (Å²) < 4.78 is 1.88. The molecule has 4 N–H and O–H groups in total. The molecule has 1 saturated heterocycles. The number of aliphatic hydroxyl groups excluding tert-OH is 1. The fourth-order valence-electron chi connectivity index (χ4n) is 6.19. The smallest absolute Gasteiger partial charge is 0.311 e. The molecular formula is C35H38Cl2N6O3S. The van der Waals surface area contributed by atoms with Crippen LogP contribution in [0.5, 0.6) is 0 Å². The van der Waals surface area contributed by atoms with Crippen LogP contribution in [0.1, 0.15) is 22.4 Å². The Kier molecular flexibility index (Phi) is 10.9. The lowest BCUT2D eigenvalue weighted by atomic mass is 9.97. The van der Waals surface area contributed by atoms with Crippen LogP contribution in [0, 0.1) is 0 Å². The molecule has 2 amide bonds. The number of β-amino-alcohol motifs (C(OH)–C–C–N with tert-alkyl or cyclic N) is 1. The lowest BCUT2D eigenvalue weighted by molar-refractivity contribution is -0.144. The van der Waals surface area contributed by atoms with Crippen LogP contribution in [-0.4, -0.2) is 80.3 Å². The number of benzene rings is 3. The van der Waals surface area contributed by atoms with Gasteiger partial charge in [-0.1, -0.05) is 65.7 Å². The molecule has 9 nitrogen and oxygen atoms in total. The van der Waals surface area contributed by atoms with Crippen LogP contribution in [0.3, 0.4) is 0 Å². The van der Waals surface area contributed by atoms with Gasteiger partial charge in [0.1, 0.15) is 0 Å². The van der Waals surface area contributed by atoms with Crippen LogP contribution >= 0.6 is 35.0 Å². The fraction of sp³-hybridized carbons (Fsp3) is 0.343. The Bertz CT molecular complexity index is 1720. The molecule has 0 saturated carbocycles. The number of nitrogens with one attached hydrogen (secondary N) is 1. The second-order valence-electron chi connectivity index (χ2n) is 12.0. The topological polar surface area (TPSA) is 117 Å². The first kappa shape index (κ1) is 33.5. The van der Waals surface area contributed by atoms with Gasteiger partial charge in [0.25, 0.3) is 0 Å². The van der Waals surface area contributed by atoms with Crippen molar-refractivity contribution in [1.29, 1.82) is 0 Å². The van der Waals surface area contributed by atoms with Crippen molar-refractivity contribution in [2.75, 3.05) is 37.7 Å². The molecule has 6 rings (SSSR count). The van der Waals surface area contributed by atoms with Gasteiger partial charge in [0, 0.05) is 89.6 Å². The molecule has 2 aliphatic rings. The molecule has 12 heteroatoms. The fourth-order valence-corrected chi connectivity index (χ4v) is 7.52. The molecule has 47 heavy (non-hydrogen) atoms. The van der Waals surface area contributed by atoms with Gasteiger partial charge >= 0.3 is 11.8 Å². The van der Waals surface area contributed by atoms with Gasteiger partial charge in [0.2, 0.25) is 0 Å². The number of hydrogen-bond donors (Lipinski definition) is 3. The van der Waals surface area contributed by atoms with Crippen LogP contribution in [0.15, 0.2) is 66.7 Å². The molecule has 0 aliphatic carbocycles. The van der Waals surface area contributed by atoms with E-state index in [1.807, 2.05) is 58.9 Å². The molecule has 0 unspecified atom stereocenters. The van der Waals surface area contributed by atoms with Crippen molar-refractivity contribution in [2.45, 2.75) is 38.7 Å². The Hall–Kier alpha value is -3.38. The van der Waals surface area contributed by atoms with E-state index >= 15 is 0 Å². The summed E-state index contributed by atoms with van der Waals surface area (Å²) in [5, 5.41) is 20.9. The largest absolute Gasteiger partial charge is 0.390 e. The lowest BCUT2D eigenvalue weighted by Gasteiger charge is -2.29. The lowest BCUT2D eigenvalue weighted by Crippen LogP contribution is -2.43. The van der Waals surface area contributed by atoms with E-state index in [1.165, 1.54) is 4.90 Å². The zero-order valence-electron chi connectivity index (χ0n) is 26.0. The minimum Gasteiger partial charge on any atom is -0.390 e. The van der Waals surface area contributed by atoms with Crippen LogP contribution in [0.4, 0.5) is 0 Å². The Morgan fingerprint density at radius 3 is 2.26 bits per heavy atom. The predicted octanol–water partition coefficient (Wildman–Crippen LogP) is 4.59. The van der Waals surface area contributed by atoms with Crippen molar-refractivity contribution in [3.8, 4) is 22.4 Å². The summed E-state index contributed by atoms with van der Waals surface area (Å²) in [6, 6.07) is 21.9. The average Bonchev–Trinajstić information content (AvgIpc) is 3.43. The number of nitrogens with zero attached hydrogens (tertiary/aromatic N) is 4. The van der Waals surface area contributed by atoms with Gasteiger partial charge in [-0.25, -0.2) is 0 Å². The normalized spacial score (nSPS) is 15.8. The highest BCUT2D eigenvalue weighted by Crippen LogP contribution is 2.36. The third-order valence-corrected chi connectivity index (χ3v) is 10.2. The first-order chi connectivity index (χ1) is 22.7. The highest BCUT2D eigenvalue weighted by atomic mass is 35.5. The third-order valence-electron chi connectivity index (χ3n) is 8.66. The maximum absolute atomic E-state index is 12.6. The van der Waals surface area contributed by atoms with E-state index < -0.39 is 17.9 Å². The summed E-state index contributed by atoms with van der Waals surface area (Å²) in [5.41, 5.74) is 12.8. The number of aliphatic hydroxyl groups is 1. The standard InChI is InChI=1S/C35H38Cl2N6O3S/c36-27-8-3-24(4-9-27)19-39-18-23-1-5-25(6-2-23)29-17-26(7-10-31(29)37)33-30-22-42(35(46)34(38)45)12-11-32(30)43(40-33)21-28(44)20-41-13-15-47-16-14-41/h1-10,17,28,39,44H,11-16,18-22H2,(H2,38,45)/t28-/m1/s1. The first-order valence-corrected chi connectivity index (χ1v) is 17.7. The second-order valence-corrected chi connectivity index (χ2v) is 14.1. The molecular weight excluding hydrogens is 655 g/mol. The Balaban J connectivity index is 1.23. The Labute approximate surface area is 289 Å². The summed E-state index contributed by atoms with van der Waals surface area (Å²) in [7, 11) is 0. The van der Waals surface area contributed by atoms with Crippen molar-refractivity contribution < 1.29 is 14.7 Å². The van der Waals surface area contributed by atoms with Crippen LogP contribution in [-0.2, 0) is 42.2 Å². The number of fused-ring (bicyclic) bond motifs is 1. The number of halogens is 2. The second kappa shape index (κ2) is 15.2.